The molecule has 1 atom stereocenters. The van der Waals surface area contributed by atoms with Crippen molar-refractivity contribution in [1.82, 2.24) is 5.43 Å². The smallest absolute Gasteiger partial charge is 0.451 e. The summed E-state index contributed by atoms with van der Waals surface area (Å²) in [6.07, 6.45) is -0.467. The third kappa shape index (κ3) is 5.38. The van der Waals surface area contributed by atoms with Gasteiger partial charge in [0.15, 0.2) is 0 Å². The standard InChI is InChI=1S/C16H18N2O3.BrH/c1-12(17-18-16(19)20-2)13-8-10-15(11-9-13)21-14-6-4-3-5-7-14;/h3-12,17H,1-2H3,(H,18,19);1H. The van der Waals surface area contributed by atoms with Gasteiger partial charge in [0.05, 0.1) is 7.11 Å². The van der Waals surface area contributed by atoms with Crippen LogP contribution in [-0.2, 0) is 4.74 Å². The number of nitrogens with two attached hydrogens (primary N) is 1. The Labute approximate surface area is 140 Å². The average Bonchev–Trinajstić information content (AvgIpc) is 2.54. The zero-order valence-corrected chi connectivity index (χ0v) is 14.0. The SMILES string of the molecule is COC(=O)N[NH2+]C(C)c1ccc(Oc2ccccc2)cc1.[Br-]. The Kier molecular flexibility index (Phi) is 7.42. The summed E-state index contributed by atoms with van der Waals surface area (Å²) in [5.74, 6) is 1.58. The molecule has 0 bridgehead atoms. The molecule has 0 spiro atoms. The summed E-state index contributed by atoms with van der Waals surface area (Å²) < 4.78 is 10.2. The molecule has 0 heterocycles. The second-order valence-corrected chi connectivity index (χ2v) is 4.58. The molecule has 0 saturated carbocycles. The number of carbonyl (C=O) groups is 1. The van der Waals surface area contributed by atoms with Gasteiger partial charge in [-0.05, 0) is 43.3 Å². The van der Waals surface area contributed by atoms with Crippen LogP contribution in [0.25, 0.3) is 0 Å². The van der Waals surface area contributed by atoms with E-state index in [0.29, 0.717) is 0 Å². The topological polar surface area (TPSA) is 64.2 Å². The van der Waals surface area contributed by atoms with Crippen molar-refractivity contribution < 1.29 is 36.7 Å². The number of carbonyl (C=O) groups excluding carboxylic acids is 1. The number of quaternary nitrogens is 1. The van der Waals surface area contributed by atoms with Crippen LogP contribution in [-0.4, -0.2) is 13.2 Å². The first-order valence-electron chi connectivity index (χ1n) is 6.69. The van der Waals surface area contributed by atoms with Crippen LogP contribution >= 0.6 is 0 Å². The third-order valence-corrected chi connectivity index (χ3v) is 3.02. The molecular formula is C16H19BrN2O3. The summed E-state index contributed by atoms with van der Waals surface area (Å²) in [6, 6.07) is 17.5. The van der Waals surface area contributed by atoms with E-state index in [9.17, 15) is 4.79 Å². The summed E-state index contributed by atoms with van der Waals surface area (Å²) in [5, 5.41) is 0. The molecule has 3 N–H and O–H groups in total. The summed E-state index contributed by atoms with van der Waals surface area (Å²) >= 11 is 0. The highest BCUT2D eigenvalue weighted by Crippen LogP contribution is 2.22. The van der Waals surface area contributed by atoms with Crippen LogP contribution in [0.4, 0.5) is 4.79 Å². The van der Waals surface area contributed by atoms with Gasteiger partial charge in [-0.3, -0.25) is 0 Å². The van der Waals surface area contributed by atoms with Gasteiger partial charge in [0, 0.05) is 5.56 Å². The second kappa shape index (κ2) is 9.07. The van der Waals surface area contributed by atoms with Gasteiger partial charge < -0.3 is 26.5 Å². The van der Waals surface area contributed by atoms with E-state index in [2.05, 4.69) is 10.2 Å². The molecule has 0 aliphatic carbocycles. The Hall–Kier alpha value is -2.05. The number of hydrogen-bond donors (Lipinski definition) is 2. The number of rotatable bonds is 5. The van der Waals surface area contributed by atoms with Gasteiger partial charge >= 0.3 is 6.09 Å². The largest absolute Gasteiger partial charge is 1.00 e. The Morgan fingerprint density at radius 3 is 2.23 bits per heavy atom. The maximum Gasteiger partial charge on any atom is 0.451 e. The van der Waals surface area contributed by atoms with Crippen LogP contribution < -0.4 is 32.6 Å². The lowest BCUT2D eigenvalue weighted by molar-refractivity contribution is -0.734. The van der Waals surface area contributed by atoms with Gasteiger partial charge in [-0.25, -0.2) is 10.2 Å². The van der Waals surface area contributed by atoms with E-state index in [4.69, 9.17) is 4.74 Å². The lowest BCUT2D eigenvalue weighted by atomic mass is 10.1. The summed E-state index contributed by atoms with van der Waals surface area (Å²) in [6.45, 7) is 1.99. The molecule has 2 rings (SSSR count). The van der Waals surface area contributed by atoms with E-state index in [1.807, 2.05) is 61.5 Å². The third-order valence-electron chi connectivity index (χ3n) is 3.02. The predicted molar refractivity (Wildman–Crippen MR) is 78.8 cm³/mol. The molecule has 2 aromatic carbocycles. The zero-order chi connectivity index (χ0) is 15.1. The Morgan fingerprint density at radius 2 is 1.64 bits per heavy atom. The first-order chi connectivity index (χ1) is 10.2. The lowest BCUT2D eigenvalue weighted by Gasteiger charge is -2.11. The fourth-order valence-electron chi connectivity index (χ4n) is 1.81. The number of halogens is 1. The van der Waals surface area contributed by atoms with Gasteiger partial charge in [0.1, 0.15) is 17.5 Å². The maximum atomic E-state index is 11.0. The van der Waals surface area contributed by atoms with E-state index < -0.39 is 6.09 Å². The molecule has 118 valence electrons. The van der Waals surface area contributed by atoms with Crippen LogP contribution in [0.15, 0.2) is 54.6 Å². The summed E-state index contributed by atoms with van der Waals surface area (Å²) in [7, 11) is 1.34. The van der Waals surface area contributed by atoms with Crippen molar-refractivity contribution in [3.63, 3.8) is 0 Å². The number of methoxy groups -OCH3 is 1. The normalized spacial score (nSPS) is 11.0. The number of ether oxygens (including phenoxy) is 2. The lowest BCUT2D eigenvalue weighted by Crippen LogP contribution is -3.00. The molecule has 0 radical (unpaired) electrons. The van der Waals surface area contributed by atoms with Gasteiger partial charge in [0.2, 0.25) is 0 Å². The van der Waals surface area contributed by atoms with Gasteiger partial charge in [0.25, 0.3) is 0 Å². The maximum absolute atomic E-state index is 11.0. The summed E-state index contributed by atoms with van der Waals surface area (Å²) in [5.41, 5.74) is 5.34. The van der Waals surface area contributed by atoms with Crippen LogP contribution in [0.2, 0.25) is 0 Å². The highest BCUT2D eigenvalue weighted by atomic mass is 79.9. The van der Waals surface area contributed by atoms with Crippen LogP contribution in [0.5, 0.6) is 11.5 Å². The first-order valence-corrected chi connectivity index (χ1v) is 6.69. The molecule has 1 amide bonds. The van der Waals surface area contributed by atoms with E-state index in [1.165, 1.54) is 7.11 Å². The first kappa shape index (κ1) is 18.0. The van der Waals surface area contributed by atoms with Gasteiger partial charge in [-0.15, -0.1) is 0 Å². The highest BCUT2D eigenvalue weighted by molar-refractivity contribution is 5.65. The van der Waals surface area contributed by atoms with E-state index >= 15 is 0 Å². The number of nitrogens with one attached hydrogen (secondary N) is 1. The zero-order valence-electron chi connectivity index (χ0n) is 12.5. The van der Waals surface area contributed by atoms with E-state index in [-0.39, 0.29) is 23.0 Å². The predicted octanol–water partition coefficient (Wildman–Crippen LogP) is -0.622. The van der Waals surface area contributed by atoms with E-state index in [1.54, 1.807) is 5.43 Å². The van der Waals surface area contributed by atoms with Crippen LogP contribution in [0, 0.1) is 0 Å². The van der Waals surface area contributed by atoms with Crippen molar-refractivity contribution >= 4 is 6.09 Å². The van der Waals surface area contributed by atoms with Crippen molar-refractivity contribution in [2.75, 3.05) is 7.11 Å². The highest BCUT2D eigenvalue weighted by Gasteiger charge is 2.10. The molecule has 5 nitrogen and oxygen atoms in total. The molecule has 0 aliphatic heterocycles. The van der Waals surface area contributed by atoms with E-state index in [0.717, 1.165) is 17.1 Å². The molecule has 2 aromatic rings. The Morgan fingerprint density at radius 1 is 1.05 bits per heavy atom. The second-order valence-electron chi connectivity index (χ2n) is 4.58. The molecule has 0 aromatic heterocycles. The minimum atomic E-state index is -0.467. The van der Waals surface area contributed by atoms with Crippen molar-refractivity contribution in [2.24, 2.45) is 0 Å². The monoisotopic (exact) mass is 366 g/mol. The number of para-hydroxylation sites is 1. The van der Waals surface area contributed by atoms with Crippen molar-refractivity contribution in [1.29, 1.82) is 0 Å². The number of amides is 1. The minimum absolute atomic E-state index is 0. The molecule has 22 heavy (non-hydrogen) atoms. The molecule has 0 fully saturated rings. The molecule has 1 unspecified atom stereocenters. The minimum Gasteiger partial charge on any atom is -1.00 e. The van der Waals surface area contributed by atoms with Gasteiger partial charge in [-0.2, -0.15) is 5.43 Å². The van der Waals surface area contributed by atoms with Crippen LogP contribution in [0.3, 0.4) is 0 Å². The molecule has 0 saturated heterocycles. The average molecular weight is 367 g/mol. The van der Waals surface area contributed by atoms with Crippen molar-refractivity contribution in [3.8, 4) is 11.5 Å². The summed E-state index contributed by atoms with van der Waals surface area (Å²) in [4.78, 5) is 11.0. The van der Waals surface area contributed by atoms with Crippen LogP contribution in [0.1, 0.15) is 18.5 Å². The fourth-order valence-corrected chi connectivity index (χ4v) is 1.81. The Balaban J connectivity index is 0.00000242. The number of benzene rings is 2. The number of hydrogen-bond acceptors (Lipinski definition) is 3. The van der Waals surface area contributed by atoms with Crippen molar-refractivity contribution in [3.05, 3.63) is 60.2 Å². The van der Waals surface area contributed by atoms with Crippen molar-refractivity contribution in [2.45, 2.75) is 13.0 Å². The fraction of sp³-hybridized carbons (Fsp3) is 0.188. The quantitative estimate of drug-likeness (QED) is 0.421. The van der Waals surface area contributed by atoms with Gasteiger partial charge in [-0.1, -0.05) is 18.2 Å². The molecule has 0 aliphatic rings. The molecular weight excluding hydrogens is 348 g/mol. The molecule has 6 heteroatoms. The Bertz CT molecular complexity index is 576.